The van der Waals surface area contributed by atoms with E-state index in [1.54, 1.807) is 25.4 Å². The van der Waals surface area contributed by atoms with Crippen LogP contribution < -0.4 is 25.0 Å². The average molecular weight is 399 g/mol. The van der Waals surface area contributed by atoms with Gasteiger partial charge in [0.1, 0.15) is 17.3 Å². The van der Waals surface area contributed by atoms with Gasteiger partial charge in [0.15, 0.2) is 6.61 Å². The van der Waals surface area contributed by atoms with Gasteiger partial charge in [-0.05, 0) is 43.9 Å². The third-order valence-electron chi connectivity index (χ3n) is 4.94. The molecule has 0 atom stereocenters. The van der Waals surface area contributed by atoms with Crippen molar-refractivity contribution < 1.29 is 14.3 Å². The fourth-order valence-electron chi connectivity index (χ4n) is 3.34. The highest BCUT2D eigenvalue weighted by atomic mass is 16.5. The molecular weight excluding hydrogens is 370 g/mol. The summed E-state index contributed by atoms with van der Waals surface area (Å²) in [6, 6.07) is 9.60. The van der Waals surface area contributed by atoms with E-state index in [0.717, 1.165) is 31.5 Å². The molecule has 0 radical (unpaired) electrons. The number of methoxy groups -OCH3 is 1. The molecule has 1 aromatic heterocycles. The largest absolute Gasteiger partial charge is 0.497 e. The number of carbonyl (C=O) groups excluding carboxylic acids is 1. The van der Waals surface area contributed by atoms with Gasteiger partial charge in [-0.3, -0.25) is 4.79 Å². The number of rotatable bonds is 8. The van der Waals surface area contributed by atoms with Crippen molar-refractivity contribution in [2.75, 3.05) is 38.0 Å². The van der Waals surface area contributed by atoms with E-state index >= 15 is 0 Å². The Labute approximate surface area is 171 Å². The first-order valence-electron chi connectivity index (χ1n) is 9.86. The SMILES string of the molecule is COc1cccc(OCC(=O)N[C@H]2CC[C@@H](Nc3nccc(N(C)C)n3)CC2)c1. The van der Waals surface area contributed by atoms with Gasteiger partial charge >= 0.3 is 0 Å². The fourth-order valence-corrected chi connectivity index (χ4v) is 3.34. The first-order valence-corrected chi connectivity index (χ1v) is 9.86. The van der Waals surface area contributed by atoms with Gasteiger partial charge in [0, 0.05) is 38.4 Å². The number of ether oxygens (including phenoxy) is 2. The summed E-state index contributed by atoms with van der Waals surface area (Å²) in [7, 11) is 5.51. The van der Waals surface area contributed by atoms with Gasteiger partial charge in [0.05, 0.1) is 7.11 Å². The molecule has 3 rings (SSSR count). The molecule has 8 heteroatoms. The van der Waals surface area contributed by atoms with Crippen LogP contribution in [0.5, 0.6) is 11.5 Å². The van der Waals surface area contributed by atoms with Crippen LogP contribution in [-0.4, -0.2) is 55.8 Å². The van der Waals surface area contributed by atoms with Crippen LogP contribution in [0, 0.1) is 0 Å². The van der Waals surface area contributed by atoms with E-state index in [1.807, 2.05) is 37.2 Å². The monoisotopic (exact) mass is 399 g/mol. The predicted molar refractivity (Wildman–Crippen MR) is 113 cm³/mol. The number of anilines is 2. The second kappa shape index (κ2) is 9.95. The molecule has 1 saturated carbocycles. The first-order chi connectivity index (χ1) is 14.0. The van der Waals surface area contributed by atoms with Crippen molar-refractivity contribution in [1.82, 2.24) is 15.3 Å². The Morgan fingerprint density at radius 1 is 1.14 bits per heavy atom. The zero-order valence-electron chi connectivity index (χ0n) is 17.2. The van der Waals surface area contributed by atoms with Crippen molar-refractivity contribution in [2.24, 2.45) is 0 Å². The Morgan fingerprint density at radius 2 is 1.86 bits per heavy atom. The maximum absolute atomic E-state index is 12.2. The Bertz CT molecular complexity index is 806. The minimum atomic E-state index is -0.105. The van der Waals surface area contributed by atoms with Gasteiger partial charge < -0.3 is 25.0 Å². The summed E-state index contributed by atoms with van der Waals surface area (Å²) in [6.45, 7) is -0.00346. The van der Waals surface area contributed by atoms with Crippen LogP contribution in [0.1, 0.15) is 25.7 Å². The summed E-state index contributed by atoms with van der Waals surface area (Å²) in [5.41, 5.74) is 0. The molecule has 8 nitrogen and oxygen atoms in total. The van der Waals surface area contributed by atoms with Gasteiger partial charge in [-0.25, -0.2) is 4.98 Å². The lowest BCUT2D eigenvalue weighted by molar-refractivity contribution is -0.124. The molecular formula is C21H29N5O3. The molecule has 0 unspecified atom stereocenters. The molecule has 1 heterocycles. The Hall–Kier alpha value is -3.03. The number of nitrogens with one attached hydrogen (secondary N) is 2. The molecule has 1 amide bonds. The Balaban J connectivity index is 1.40. The smallest absolute Gasteiger partial charge is 0.258 e. The molecule has 156 valence electrons. The highest BCUT2D eigenvalue weighted by Crippen LogP contribution is 2.22. The van der Waals surface area contributed by atoms with E-state index in [9.17, 15) is 4.79 Å². The minimum absolute atomic E-state index is 0.00346. The molecule has 1 aromatic carbocycles. The van der Waals surface area contributed by atoms with Crippen molar-refractivity contribution in [1.29, 1.82) is 0 Å². The van der Waals surface area contributed by atoms with E-state index < -0.39 is 0 Å². The maximum Gasteiger partial charge on any atom is 0.258 e. The summed E-state index contributed by atoms with van der Waals surface area (Å²) in [5.74, 6) is 2.74. The molecule has 0 bridgehead atoms. The molecule has 29 heavy (non-hydrogen) atoms. The Kier molecular flexibility index (Phi) is 7.10. The lowest BCUT2D eigenvalue weighted by Crippen LogP contribution is -2.42. The third-order valence-corrected chi connectivity index (χ3v) is 4.94. The third kappa shape index (κ3) is 6.23. The minimum Gasteiger partial charge on any atom is -0.497 e. The molecule has 0 aliphatic heterocycles. The van der Waals surface area contributed by atoms with E-state index in [4.69, 9.17) is 9.47 Å². The second-order valence-electron chi connectivity index (χ2n) is 7.36. The standard InChI is InChI=1S/C21H29N5O3/c1-26(2)19-11-12-22-21(25-19)24-16-9-7-15(8-10-16)23-20(27)14-29-18-6-4-5-17(13-18)28-3/h4-6,11-13,15-16H,7-10,14H2,1-3H3,(H,23,27)(H,22,24,25)/t15-,16+. The zero-order valence-corrected chi connectivity index (χ0v) is 17.2. The number of hydrogen-bond donors (Lipinski definition) is 2. The van der Waals surface area contributed by atoms with Crippen LogP contribution in [0.15, 0.2) is 36.5 Å². The first kappa shape index (κ1) is 20.7. The lowest BCUT2D eigenvalue weighted by atomic mass is 9.91. The highest BCUT2D eigenvalue weighted by molar-refractivity contribution is 5.77. The van der Waals surface area contributed by atoms with E-state index in [-0.39, 0.29) is 18.6 Å². The van der Waals surface area contributed by atoms with Gasteiger partial charge in [-0.2, -0.15) is 4.98 Å². The maximum atomic E-state index is 12.2. The molecule has 2 N–H and O–H groups in total. The summed E-state index contributed by atoms with van der Waals surface area (Å²) >= 11 is 0. The van der Waals surface area contributed by atoms with Crippen molar-refractivity contribution in [3.05, 3.63) is 36.5 Å². The van der Waals surface area contributed by atoms with Crippen LogP contribution in [0.4, 0.5) is 11.8 Å². The summed E-state index contributed by atoms with van der Waals surface area (Å²) in [4.78, 5) is 23.0. The number of nitrogens with zero attached hydrogens (tertiary/aromatic N) is 3. The highest BCUT2D eigenvalue weighted by Gasteiger charge is 2.23. The molecule has 0 saturated heterocycles. The normalized spacial score (nSPS) is 18.6. The molecule has 0 spiro atoms. The number of benzene rings is 1. The second-order valence-corrected chi connectivity index (χ2v) is 7.36. The predicted octanol–water partition coefficient (Wildman–Crippen LogP) is 2.47. The number of carbonyl (C=O) groups is 1. The summed E-state index contributed by atoms with van der Waals surface area (Å²) in [5, 5.41) is 6.47. The fraction of sp³-hybridized carbons (Fsp3) is 0.476. The number of hydrogen-bond acceptors (Lipinski definition) is 7. The van der Waals surface area contributed by atoms with Crippen LogP contribution >= 0.6 is 0 Å². The van der Waals surface area contributed by atoms with Gasteiger partial charge in [0.2, 0.25) is 5.95 Å². The van der Waals surface area contributed by atoms with E-state index in [2.05, 4.69) is 20.6 Å². The number of aromatic nitrogens is 2. The average Bonchev–Trinajstić information content (AvgIpc) is 2.74. The van der Waals surface area contributed by atoms with Crippen molar-refractivity contribution >= 4 is 17.7 Å². The van der Waals surface area contributed by atoms with E-state index in [0.29, 0.717) is 23.5 Å². The topological polar surface area (TPSA) is 88.6 Å². The van der Waals surface area contributed by atoms with Crippen molar-refractivity contribution in [3.8, 4) is 11.5 Å². The van der Waals surface area contributed by atoms with Gasteiger partial charge in [0.25, 0.3) is 5.91 Å². The van der Waals surface area contributed by atoms with E-state index in [1.165, 1.54) is 0 Å². The van der Waals surface area contributed by atoms with Crippen LogP contribution in [0.25, 0.3) is 0 Å². The summed E-state index contributed by atoms with van der Waals surface area (Å²) in [6.07, 6.45) is 5.50. The van der Waals surface area contributed by atoms with Gasteiger partial charge in [-0.15, -0.1) is 0 Å². The summed E-state index contributed by atoms with van der Waals surface area (Å²) < 4.78 is 10.7. The van der Waals surface area contributed by atoms with Crippen molar-refractivity contribution in [2.45, 2.75) is 37.8 Å². The quantitative estimate of drug-likeness (QED) is 0.705. The molecule has 1 aliphatic rings. The Morgan fingerprint density at radius 3 is 2.59 bits per heavy atom. The van der Waals surface area contributed by atoms with Crippen LogP contribution in [0.3, 0.4) is 0 Å². The number of amides is 1. The molecule has 2 aromatic rings. The molecule has 1 aliphatic carbocycles. The zero-order chi connectivity index (χ0) is 20.6. The molecule has 1 fully saturated rings. The van der Waals surface area contributed by atoms with Crippen LogP contribution in [0.2, 0.25) is 0 Å². The lowest BCUT2D eigenvalue weighted by Gasteiger charge is -2.29. The van der Waals surface area contributed by atoms with Gasteiger partial charge in [-0.1, -0.05) is 6.07 Å². The van der Waals surface area contributed by atoms with Crippen LogP contribution in [-0.2, 0) is 4.79 Å². The van der Waals surface area contributed by atoms with Crippen molar-refractivity contribution in [3.63, 3.8) is 0 Å².